The molecule has 0 radical (unpaired) electrons. The van der Waals surface area contributed by atoms with Gasteiger partial charge >= 0.3 is 0 Å². The molecule has 0 atom stereocenters. The predicted molar refractivity (Wildman–Crippen MR) is 71.1 cm³/mol. The lowest BCUT2D eigenvalue weighted by atomic mass is 10.3. The number of imidazole rings is 1. The number of hydrogen-bond donors (Lipinski definition) is 1. The first-order valence-corrected chi connectivity index (χ1v) is 5.95. The Kier molecular flexibility index (Phi) is 2.68. The van der Waals surface area contributed by atoms with E-state index in [0.717, 1.165) is 16.9 Å². The van der Waals surface area contributed by atoms with Crippen LogP contribution < -0.4 is 10.3 Å². The second kappa shape index (κ2) is 4.49. The van der Waals surface area contributed by atoms with Crippen LogP contribution in [0.2, 0.25) is 0 Å². The Morgan fingerprint density at radius 1 is 1.28 bits per heavy atom. The maximum Gasteiger partial charge on any atom is 0.273 e. The van der Waals surface area contributed by atoms with E-state index >= 15 is 0 Å². The molecule has 0 aliphatic carbocycles. The fraction of sp³-hybridized carbons (Fsp3) is 0.143. The molecule has 90 valence electrons. The molecule has 0 spiro atoms. The van der Waals surface area contributed by atoms with Crippen molar-refractivity contribution < 1.29 is 4.98 Å². The monoisotopic (exact) mass is 239 g/mol. The Balaban J connectivity index is 1.81. The third-order valence-electron chi connectivity index (χ3n) is 2.92. The van der Waals surface area contributed by atoms with Crippen LogP contribution in [0.15, 0.2) is 48.9 Å². The van der Waals surface area contributed by atoms with E-state index in [2.05, 4.69) is 38.9 Å². The highest BCUT2D eigenvalue weighted by molar-refractivity contribution is 5.74. The Hall–Kier alpha value is -2.36. The summed E-state index contributed by atoms with van der Waals surface area (Å²) in [6.07, 6.45) is 3.79. The molecule has 1 aromatic carbocycles. The first-order valence-electron chi connectivity index (χ1n) is 5.95. The standard InChI is InChI=1S/C14H14N4/c1-11-6-7-15-14(8-11)17-10-18-9-16-12-4-2-3-5-13(12)18/h2-9H,10H2,1H3,(H,15,17)/p+1. The summed E-state index contributed by atoms with van der Waals surface area (Å²) in [5, 5.41) is 3.35. The molecule has 18 heavy (non-hydrogen) atoms. The second-order valence-corrected chi connectivity index (χ2v) is 4.32. The van der Waals surface area contributed by atoms with Gasteiger partial charge in [-0.2, -0.15) is 0 Å². The zero-order valence-electron chi connectivity index (χ0n) is 10.2. The van der Waals surface area contributed by atoms with Gasteiger partial charge in [-0.1, -0.05) is 12.1 Å². The summed E-state index contributed by atoms with van der Waals surface area (Å²) in [4.78, 5) is 7.54. The van der Waals surface area contributed by atoms with Gasteiger partial charge in [0, 0.05) is 6.07 Å². The molecule has 3 rings (SSSR count). The number of nitrogens with one attached hydrogen (secondary N) is 2. The smallest absolute Gasteiger partial charge is 0.273 e. The van der Waals surface area contributed by atoms with Gasteiger partial charge in [0.15, 0.2) is 6.67 Å². The highest BCUT2D eigenvalue weighted by atomic mass is 15.2. The molecule has 0 saturated carbocycles. The largest absolute Gasteiger partial charge is 0.293 e. The Labute approximate surface area is 105 Å². The van der Waals surface area contributed by atoms with Crippen molar-refractivity contribution in [2.45, 2.75) is 13.6 Å². The molecule has 0 bridgehead atoms. The normalized spacial score (nSPS) is 10.7. The van der Waals surface area contributed by atoms with E-state index in [1.807, 2.05) is 36.8 Å². The molecule has 4 nitrogen and oxygen atoms in total. The number of nitrogens with zero attached hydrogens (tertiary/aromatic N) is 2. The predicted octanol–water partition coefficient (Wildman–Crippen LogP) is 2.23. The van der Waals surface area contributed by atoms with Gasteiger partial charge in [-0.3, -0.25) is 9.88 Å². The minimum atomic E-state index is 0.695. The quantitative estimate of drug-likeness (QED) is 0.761. The van der Waals surface area contributed by atoms with Gasteiger partial charge in [0.05, 0.1) is 23.6 Å². The van der Waals surface area contributed by atoms with Crippen LogP contribution >= 0.6 is 0 Å². The SMILES string of the molecule is Cc1cc[nH+]c(NCn2cnc3ccccc32)c1. The topological polar surface area (TPSA) is 44.0 Å². The van der Waals surface area contributed by atoms with Crippen molar-refractivity contribution in [2.24, 2.45) is 0 Å². The summed E-state index contributed by atoms with van der Waals surface area (Å²) in [7, 11) is 0. The number of rotatable bonds is 3. The maximum absolute atomic E-state index is 4.36. The molecule has 2 aromatic heterocycles. The number of hydrogen-bond acceptors (Lipinski definition) is 2. The number of benzene rings is 1. The highest BCUT2D eigenvalue weighted by Crippen LogP contribution is 2.11. The maximum atomic E-state index is 4.36. The summed E-state index contributed by atoms with van der Waals surface area (Å²) in [5.74, 6) is 1.01. The average Bonchev–Trinajstić information content (AvgIpc) is 2.80. The fourth-order valence-corrected chi connectivity index (χ4v) is 1.99. The molecule has 0 aliphatic heterocycles. The molecule has 0 unspecified atom stereocenters. The number of aromatic amines is 1. The van der Waals surface area contributed by atoms with Crippen LogP contribution in [0, 0.1) is 6.92 Å². The summed E-state index contributed by atoms with van der Waals surface area (Å²) in [6, 6.07) is 12.2. The van der Waals surface area contributed by atoms with Gasteiger partial charge < -0.3 is 0 Å². The zero-order chi connectivity index (χ0) is 12.4. The second-order valence-electron chi connectivity index (χ2n) is 4.32. The number of aryl methyl sites for hydroxylation is 1. The number of H-pyrrole nitrogens is 1. The van der Waals surface area contributed by atoms with Crippen LogP contribution in [-0.2, 0) is 6.67 Å². The molecule has 2 N–H and O–H groups in total. The van der Waals surface area contributed by atoms with Gasteiger partial charge in [-0.05, 0) is 30.7 Å². The molecule has 0 aliphatic rings. The first-order chi connectivity index (χ1) is 8.83. The van der Waals surface area contributed by atoms with Crippen molar-refractivity contribution in [1.82, 2.24) is 9.55 Å². The Morgan fingerprint density at radius 3 is 3.06 bits per heavy atom. The third-order valence-corrected chi connectivity index (χ3v) is 2.92. The Bertz CT molecular complexity index is 672. The van der Waals surface area contributed by atoms with Crippen LogP contribution in [0.3, 0.4) is 0 Å². The van der Waals surface area contributed by atoms with Gasteiger partial charge in [0.2, 0.25) is 0 Å². The van der Waals surface area contributed by atoms with E-state index in [-0.39, 0.29) is 0 Å². The van der Waals surface area contributed by atoms with Gasteiger partial charge in [-0.25, -0.2) is 9.97 Å². The van der Waals surface area contributed by atoms with Gasteiger partial charge in [-0.15, -0.1) is 0 Å². The zero-order valence-corrected chi connectivity index (χ0v) is 10.2. The molecular formula is C14H15N4+. The van der Waals surface area contributed by atoms with E-state index in [4.69, 9.17) is 0 Å². The molecular weight excluding hydrogens is 224 g/mol. The average molecular weight is 239 g/mol. The van der Waals surface area contributed by atoms with Crippen molar-refractivity contribution in [2.75, 3.05) is 5.32 Å². The van der Waals surface area contributed by atoms with Crippen LogP contribution in [0.5, 0.6) is 0 Å². The van der Waals surface area contributed by atoms with E-state index in [0.29, 0.717) is 6.67 Å². The number of para-hydroxylation sites is 2. The van der Waals surface area contributed by atoms with Crippen molar-refractivity contribution in [3.8, 4) is 0 Å². The van der Waals surface area contributed by atoms with Crippen LogP contribution in [0.1, 0.15) is 5.56 Å². The Morgan fingerprint density at radius 2 is 2.17 bits per heavy atom. The van der Waals surface area contributed by atoms with E-state index < -0.39 is 0 Å². The van der Waals surface area contributed by atoms with Crippen molar-refractivity contribution in [1.29, 1.82) is 0 Å². The summed E-state index contributed by atoms with van der Waals surface area (Å²) in [5.41, 5.74) is 3.39. The van der Waals surface area contributed by atoms with Crippen LogP contribution in [0.4, 0.5) is 5.82 Å². The molecule has 0 fully saturated rings. The minimum Gasteiger partial charge on any atom is -0.293 e. The lowest BCUT2D eigenvalue weighted by Gasteiger charge is -2.02. The highest BCUT2D eigenvalue weighted by Gasteiger charge is 2.04. The fourth-order valence-electron chi connectivity index (χ4n) is 1.99. The van der Waals surface area contributed by atoms with Crippen molar-refractivity contribution in [3.05, 3.63) is 54.5 Å². The minimum absolute atomic E-state index is 0.695. The van der Waals surface area contributed by atoms with Gasteiger partial charge in [0.1, 0.15) is 0 Å². The molecule has 2 heterocycles. The lowest BCUT2D eigenvalue weighted by Crippen LogP contribution is -2.15. The summed E-state index contributed by atoms with van der Waals surface area (Å²) >= 11 is 0. The van der Waals surface area contributed by atoms with E-state index in [9.17, 15) is 0 Å². The number of anilines is 1. The van der Waals surface area contributed by atoms with Crippen LogP contribution in [0.25, 0.3) is 11.0 Å². The lowest BCUT2D eigenvalue weighted by molar-refractivity contribution is -0.361. The molecule has 0 saturated heterocycles. The number of pyridine rings is 1. The summed E-state index contributed by atoms with van der Waals surface area (Å²) in [6.45, 7) is 2.77. The number of aromatic nitrogens is 3. The van der Waals surface area contributed by atoms with Crippen LogP contribution in [-0.4, -0.2) is 9.55 Å². The molecule has 0 amide bonds. The summed E-state index contributed by atoms with van der Waals surface area (Å²) < 4.78 is 2.09. The third kappa shape index (κ3) is 2.05. The van der Waals surface area contributed by atoms with Crippen molar-refractivity contribution >= 4 is 16.9 Å². The van der Waals surface area contributed by atoms with E-state index in [1.165, 1.54) is 5.56 Å². The van der Waals surface area contributed by atoms with Gasteiger partial charge in [0.25, 0.3) is 5.82 Å². The first kappa shape index (κ1) is 10.8. The molecule has 4 heteroatoms. The number of fused-ring (bicyclic) bond motifs is 1. The van der Waals surface area contributed by atoms with Crippen molar-refractivity contribution in [3.63, 3.8) is 0 Å². The van der Waals surface area contributed by atoms with E-state index in [1.54, 1.807) is 0 Å². The molecule has 3 aromatic rings.